The summed E-state index contributed by atoms with van der Waals surface area (Å²) in [5.74, 6) is -0.379. The Labute approximate surface area is 193 Å². The van der Waals surface area contributed by atoms with Crippen LogP contribution >= 0.6 is 0 Å². The zero-order valence-corrected chi connectivity index (χ0v) is 20.5. The van der Waals surface area contributed by atoms with Gasteiger partial charge in [-0.25, -0.2) is 4.79 Å². The van der Waals surface area contributed by atoms with Crippen LogP contribution in [-0.4, -0.2) is 19.7 Å². The minimum Gasteiger partial charge on any atom is -0.459 e. The zero-order valence-electron chi connectivity index (χ0n) is 20.5. The first-order valence-electron chi connectivity index (χ1n) is 11.4. The third kappa shape index (κ3) is 7.20. The highest BCUT2D eigenvalue weighted by Crippen LogP contribution is 2.32. The van der Waals surface area contributed by atoms with Crippen LogP contribution in [0.5, 0.6) is 0 Å². The summed E-state index contributed by atoms with van der Waals surface area (Å²) in [4.78, 5) is 13.0. The molecule has 2 rings (SSSR count). The maximum Gasteiger partial charge on any atom is 0.343 e. The third-order valence-corrected chi connectivity index (χ3v) is 5.87. The minimum absolute atomic E-state index is 0.248. The average molecular weight is 435 g/mol. The Morgan fingerprint density at radius 2 is 1.50 bits per heavy atom. The van der Waals surface area contributed by atoms with E-state index in [1.54, 1.807) is 14.0 Å². The molecule has 0 N–H and O–H groups in total. The van der Waals surface area contributed by atoms with Crippen molar-refractivity contribution in [2.45, 2.75) is 65.9 Å². The molecule has 0 spiro atoms. The first-order valence-corrected chi connectivity index (χ1v) is 11.4. The van der Waals surface area contributed by atoms with Crippen LogP contribution in [0.3, 0.4) is 0 Å². The summed E-state index contributed by atoms with van der Waals surface area (Å²) in [5, 5.41) is 2.07. The topological polar surface area (TPSA) is 35.5 Å². The van der Waals surface area contributed by atoms with E-state index in [4.69, 9.17) is 9.47 Å². The summed E-state index contributed by atoms with van der Waals surface area (Å²) in [6, 6.07) is 13.9. The molecule has 2 aromatic carbocycles. The standard InChI is InChI=1S/C29H38O3/c1-22(2)12-9-13-23(3)14-10-15-24(4)20-21-32-28(30)29(5,31-6)27-19-11-17-25-16-7-8-18-26(25)27/h7-8,11-12,14,16-20H,9-10,13,15,21H2,1-6H3/b23-14+,24-20+/t29-/m0/s1. The number of methoxy groups -OCH3 is 1. The number of allylic oxidation sites excluding steroid dienone is 5. The number of carbonyl (C=O) groups excluding carboxylic acids is 1. The summed E-state index contributed by atoms with van der Waals surface area (Å²) < 4.78 is 11.3. The molecule has 0 fully saturated rings. The molecule has 172 valence electrons. The maximum atomic E-state index is 13.0. The summed E-state index contributed by atoms with van der Waals surface area (Å²) in [5.41, 5.74) is 3.67. The summed E-state index contributed by atoms with van der Waals surface area (Å²) >= 11 is 0. The van der Waals surface area contributed by atoms with Crippen LogP contribution in [0, 0.1) is 0 Å². The van der Waals surface area contributed by atoms with Crippen molar-refractivity contribution in [1.82, 2.24) is 0 Å². The summed E-state index contributed by atoms with van der Waals surface area (Å²) in [7, 11) is 1.55. The SMILES string of the molecule is CO[C@](C)(C(=O)OC/C=C(\C)CC/C=C(\C)CCC=C(C)C)c1cccc2ccccc12. The van der Waals surface area contributed by atoms with E-state index < -0.39 is 5.60 Å². The van der Waals surface area contributed by atoms with Gasteiger partial charge in [0.05, 0.1) is 0 Å². The van der Waals surface area contributed by atoms with Gasteiger partial charge in [-0.05, 0) is 77.2 Å². The normalized spacial score (nSPS) is 14.2. The van der Waals surface area contributed by atoms with Gasteiger partial charge in [-0.3, -0.25) is 0 Å². The van der Waals surface area contributed by atoms with E-state index >= 15 is 0 Å². The van der Waals surface area contributed by atoms with Crippen LogP contribution in [0.25, 0.3) is 10.8 Å². The molecule has 0 heterocycles. The van der Waals surface area contributed by atoms with E-state index in [0.29, 0.717) is 0 Å². The fraction of sp³-hybridized carbons (Fsp3) is 0.414. The van der Waals surface area contributed by atoms with Crippen LogP contribution in [-0.2, 0) is 19.9 Å². The van der Waals surface area contributed by atoms with Gasteiger partial charge in [-0.1, -0.05) is 71.3 Å². The van der Waals surface area contributed by atoms with Gasteiger partial charge in [0.2, 0.25) is 0 Å². The van der Waals surface area contributed by atoms with E-state index in [0.717, 1.165) is 42.0 Å². The van der Waals surface area contributed by atoms with Gasteiger partial charge < -0.3 is 9.47 Å². The van der Waals surface area contributed by atoms with Crippen LogP contribution in [0.2, 0.25) is 0 Å². The van der Waals surface area contributed by atoms with Gasteiger partial charge in [-0.15, -0.1) is 0 Å². The average Bonchev–Trinajstić information content (AvgIpc) is 2.77. The number of hydrogen-bond donors (Lipinski definition) is 0. The van der Waals surface area contributed by atoms with Crippen molar-refractivity contribution >= 4 is 16.7 Å². The van der Waals surface area contributed by atoms with Gasteiger partial charge in [0.1, 0.15) is 6.61 Å². The van der Waals surface area contributed by atoms with E-state index in [1.807, 2.05) is 48.5 Å². The molecule has 1 atom stereocenters. The molecule has 0 unspecified atom stereocenters. The quantitative estimate of drug-likeness (QED) is 0.269. The predicted octanol–water partition coefficient (Wildman–Crippen LogP) is 7.66. The number of hydrogen-bond acceptors (Lipinski definition) is 3. The van der Waals surface area contributed by atoms with Gasteiger partial charge in [0.15, 0.2) is 5.60 Å². The number of rotatable bonds is 11. The van der Waals surface area contributed by atoms with Crippen molar-refractivity contribution in [3.8, 4) is 0 Å². The van der Waals surface area contributed by atoms with Crippen molar-refractivity contribution < 1.29 is 14.3 Å². The molecular weight excluding hydrogens is 396 g/mol. The first kappa shape index (κ1) is 25.6. The van der Waals surface area contributed by atoms with E-state index in [1.165, 1.54) is 16.7 Å². The fourth-order valence-corrected chi connectivity index (χ4v) is 3.68. The lowest BCUT2D eigenvalue weighted by atomic mass is 9.90. The zero-order chi connectivity index (χ0) is 23.6. The Hall–Kier alpha value is -2.65. The maximum absolute atomic E-state index is 13.0. The Bertz CT molecular complexity index is 987. The number of ether oxygens (including phenoxy) is 2. The molecule has 0 saturated carbocycles. The van der Waals surface area contributed by atoms with Crippen molar-refractivity contribution in [1.29, 1.82) is 0 Å². The monoisotopic (exact) mass is 434 g/mol. The number of benzene rings is 2. The lowest BCUT2D eigenvalue weighted by molar-refractivity contribution is -0.167. The number of fused-ring (bicyclic) bond motifs is 1. The Morgan fingerprint density at radius 1 is 0.875 bits per heavy atom. The fourth-order valence-electron chi connectivity index (χ4n) is 3.68. The van der Waals surface area contributed by atoms with Crippen molar-refractivity contribution in [3.63, 3.8) is 0 Å². The predicted molar refractivity (Wildman–Crippen MR) is 135 cm³/mol. The van der Waals surface area contributed by atoms with Gasteiger partial charge in [0.25, 0.3) is 0 Å². The molecule has 3 nitrogen and oxygen atoms in total. The molecule has 0 aliphatic rings. The molecule has 0 aromatic heterocycles. The molecule has 2 aromatic rings. The second-order valence-electron chi connectivity index (χ2n) is 8.82. The van der Waals surface area contributed by atoms with E-state index in [2.05, 4.69) is 39.8 Å². The smallest absolute Gasteiger partial charge is 0.343 e. The summed E-state index contributed by atoms with van der Waals surface area (Å²) in [6.45, 7) is 10.6. The lowest BCUT2D eigenvalue weighted by Gasteiger charge is -2.27. The second kappa shape index (κ2) is 12.4. The lowest BCUT2D eigenvalue weighted by Crippen LogP contribution is -2.36. The van der Waals surface area contributed by atoms with E-state index in [-0.39, 0.29) is 12.6 Å². The van der Waals surface area contributed by atoms with Crippen LogP contribution < -0.4 is 0 Å². The van der Waals surface area contributed by atoms with Gasteiger partial charge in [-0.2, -0.15) is 0 Å². The Balaban J connectivity index is 1.94. The number of carbonyl (C=O) groups is 1. The highest BCUT2D eigenvalue weighted by molar-refractivity contribution is 5.92. The Kier molecular flexibility index (Phi) is 9.93. The second-order valence-corrected chi connectivity index (χ2v) is 8.82. The van der Waals surface area contributed by atoms with Crippen LogP contribution in [0.15, 0.2) is 77.4 Å². The highest BCUT2D eigenvalue weighted by Gasteiger charge is 2.38. The number of esters is 1. The molecule has 0 amide bonds. The summed E-state index contributed by atoms with van der Waals surface area (Å²) in [6.07, 6.45) is 10.8. The van der Waals surface area contributed by atoms with Crippen molar-refractivity contribution in [2.24, 2.45) is 0 Å². The molecule has 0 aliphatic heterocycles. The van der Waals surface area contributed by atoms with Gasteiger partial charge in [0, 0.05) is 12.7 Å². The molecule has 0 radical (unpaired) electrons. The first-order chi connectivity index (χ1) is 15.3. The van der Waals surface area contributed by atoms with Crippen LogP contribution in [0.4, 0.5) is 0 Å². The molecular formula is C29H38O3. The molecule has 32 heavy (non-hydrogen) atoms. The third-order valence-electron chi connectivity index (χ3n) is 5.87. The van der Waals surface area contributed by atoms with Gasteiger partial charge >= 0.3 is 5.97 Å². The minimum atomic E-state index is -1.16. The molecule has 3 heteroatoms. The molecule has 0 saturated heterocycles. The van der Waals surface area contributed by atoms with Crippen LogP contribution in [0.1, 0.15) is 65.9 Å². The van der Waals surface area contributed by atoms with Crippen molar-refractivity contribution in [3.05, 3.63) is 83.0 Å². The highest BCUT2D eigenvalue weighted by atomic mass is 16.6. The largest absolute Gasteiger partial charge is 0.459 e. The van der Waals surface area contributed by atoms with Crippen molar-refractivity contribution in [2.75, 3.05) is 13.7 Å². The molecule has 0 bridgehead atoms. The Morgan fingerprint density at radius 3 is 2.19 bits per heavy atom. The molecule has 0 aliphatic carbocycles. The van der Waals surface area contributed by atoms with E-state index in [9.17, 15) is 4.79 Å².